The minimum absolute atomic E-state index is 0.0476. The van der Waals surface area contributed by atoms with Crippen LogP contribution in [0.15, 0.2) is 72.8 Å². The van der Waals surface area contributed by atoms with Crippen LogP contribution in [0.25, 0.3) is 11.0 Å². The number of aromatic nitrogens is 2. The summed E-state index contributed by atoms with van der Waals surface area (Å²) in [6, 6.07) is 23.8. The highest BCUT2D eigenvalue weighted by Crippen LogP contribution is 2.23. The smallest absolute Gasteiger partial charge is 0.223 e. The lowest BCUT2D eigenvalue weighted by atomic mass is 9.96. The minimum Gasteiger partial charge on any atom is -0.352 e. The predicted molar refractivity (Wildman–Crippen MR) is 142 cm³/mol. The zero-order valence-corrected chi connectivity index (χ0v) is 21.0. The van der Waals surface area contributed by atoms with Crippen LogP contribution >= 0.6 is 23.2 Å². The Labute approximate surface area is 215 Å². The molecule has 1 N–H and O–H groups in total. The molecule has 180 valence electrons. The summed E-state index contributed by atoms with van der Waals surface area (Å²) in [4.78, 5) is 20.1. The highest BCUT2D eigenvalue weighted by atomic mass is 35.5. The number of rotatable bonds is 7. The third-order valence-corrected chi connectivity index (χ3v) is 7.19. The number of amides is 1. The largest absolute Gasteiger partial charge is 0.352 e. The number of para-hydroxylation sites is 2. The van der Waals surface area contributed by atoms with Gasteiger partial charge in [0.05, 0.1) is 17.6 Å². The van der Waals surface area contributed by atoms with Crippen molar-refractivity contribution >= 4 is 40.1 Å². The van der Waals surface area contributed by atoms with Gasteiger partial charge in [0.15, 0.2) is 0 Å². The third kappa shape index (κ3) is 5.87. The lowest BCUT2D eigenvalue weighted by Gasteiger charge is -2.31. The molecule has 1 saturated heterocycles. The molecule has 1 aromatic heterocycles. The molecule has 0 atom stereocenters. The number of fused-ring (bicyclic) bond motifs is 1. The van der Waals surface area contributed by atoms with Gasteiger partial charge in [0.25, 0.3) is 0 Å². The Bertz CT molecular complexity index is 1290. The second-order valence-electron chi connectivity index (χ2n) is 9.12. The molecule has 2 heterocycles. The molecule has 4 aromatic rings. The number of nitrogens with one attached hydrogen (secondary N) is 1. The molecule has 35 heavy (non-hydrogen) atoms. The minimum atomic E-state index is 0.0476. The number of imidazole rings is 1. The van der Waals surface area contributed by atoms with E-state index in [4.69, 9.17) is 28.2 Å². The van der Waals surface area contributed by atoms with Gasteiger partial charge in [0.1, 0.15) is 5.82 Å². The van der Waals surface area contributed by atoms with Gasteiger partial charge < -0.3 is 9.88 Å². The summed E-state index contributed by atoms with van der Waals surface area (Å²) in [5.74, 6) is 1.23. The summed E-state index contributed by atoms with van der Waals surface area (Å²) in [6.45, 7) is 3.80. The lowest BCUT2D eigenvalue weighted by Crippen LogP contribution is -2.40. The molecular formula is C28H28Cl2N4O. The molecule has 0 bridgehead atoms. The predicted octanol–water partition coefficient (Wildman–Crippen LogP) is 5.92. The van der Waals surface area contributed by atoms with Crippen LogP contribution in [-0.4, -0.2) is 33.4 Å². The summed E-state index contributed by atoms with van der Waals surface area (Å²) in [5.41, 5.74) is 4.39. The topological polar surface area (TPSA) is 50.2 Å². The molecule has 1 amide bonds. The molecule has 5 nitrogen and oxygen atoms in total. The maximum Gasteiger partial charge on any atom is 0.223 e. The fourth-order valence-electron chi connectivity index (χ4n) is 4.68. The summed E-state index contributed by atoms with van der Waals surface area (Å²) < 4.78 is 2.30. The van der Waals surface area contributed by atoms with E-state index in [0.29, 0.717) is 11.6 Å². The van der Waals surface area contributed by atoms with Gasteiger partial charge in [-0.2, -0.15) is 0 Å². The van der Waals surface area contributed by atoms with Crippen LogP contribution in [0.2, 0.25) is 10.0 Å². The van der Waals surface area contributed by atoms with E-state index in [2.05, 4.69) is 45.1 Å². The molecule has 1 aliphatic heterocycles. The van der Waals surface area contributed by atoms with Crippen LogP contribution in [-0.2, 0) is 24.4 Å². The number of hydrogen-bond acceptors (Lipinski definition) is 3. The van der Waals surface area contributed by atoms with Gasteiger partial charge in [-0.05, 0) is 73.5 Å². The Hall–Kier alpha value is -2.86. The zero-order valence-electron chi connectivity index (χ0n) is 19.5. The monoisotopic (exact) mass is 506 g/mol. The maximum atomic E-state index is 12.7. The summed E-state index contributed by atoms with van der Waals surface area (Å²) in [7, 11) is 0. The fraction of sp³-hybridized carbons (Fsp3) is 0.286. The Kier molecular flexibility index (Phi) is 7.37. The van der Waals surface area contributed by atoms with Gasteiger partial charge >= 0.3 is 0 Å². The van der Waals surface area contributed by atoms with Crippen molar-refractivity contribution < 1.29 is 4.79 Å². The standard InChI is InChI=1S/C28H28Cl2N4O/c29-23-9-5-20(6-10-23)17-31-28(35)22-13-15-33(16-14-22)19-27-32-25-3-1-2-4-26(25)34(27)18-21-7-11-24(30)12-8-21/h1-12,22H,13-19H2,(H,31,35). The van der Waals surface area contributed by atoms with Crippen molar-refractivity contribution in [1.82, 2.24) is 19.8 Å². The summed E-state index contributed by atoms with van der Waals surface area (Å²) in [5, 5.41) is 4.53. The molecule has 3 aromatic carbocycles. The van der Waals surface area contributed by atoms with E-state index >= 15 is 0 Å². The van der Waals surface area contributed by atoms with E-state index in [1.807, 2.05) is 42.5 Å². The van der Waals surface area contributed by atoms with Crippen LogP contribution < -0.4 is 5.32 Å². The first kappa shape index (κ1) is 23.9. The van der Waals surface area contributed by atoms with E-state index in [-0.39, 0.29) is 11.8 Å². The van der Waals surface area contributed by atoms with E-state index in [1.165, 1.54) is 5.56 Å². The Morgan fingerprint density at radius 1 is 0.857 bits per heavy atom. The van der Waals surface area contributed by atoms with Crippen molar-refractivity contribution in [3.8, 4) is 0 Å². The molecule has 0 saturated carbocycles. The van der Waals surface area contributed by atoms with Gasteiger partial charge in [-0.3, -0.25) is 9.69 Å². The zero-order chi connectivity index (χ0) is 24.2. The van der Waals surface area contributed by atoms with Gasteiger partial charge in [0, 0.05) is 29.1 Å². The third-order valence-electron chi connectivity index (χ3n) is 6.69. The van der Waals surface area contributed by atoms with Gasteiger partial charge in [0.2, 0.25) is 5.91 Å². The highest BCUT2D eigenvalue weighted by molar-refractivity contribution is 6.30. The highest BCUT2D eigenvalue weighted by Gasteiger charge is 2.26. The molecule has 1 aliphatic rings. The average molecular weight is 507 g/mol. The van der Waals surface area contributed by atoms with Crippen molar-refractivity contribution in [1.29, 1.82) is 0 Å². The lowest BCUT2D eigenvalue weighted by molar-refractivity contribution is -0.126. The van der Waals surface area contributed by atoms with Crippen LogP contribution in [0, 0.1) is 5.92 Å². The molecule has 5 rings (SSSR count). The number of nitrogens with zero attached hydrogens (tertiary/aromatic N) is 3. The van der Waals surface area contributed by atoms with Crippen molar-refractivity contribution in [2.75, 3.05) is 13.1 Å². The maximum absolute atomic E-state index is 12.7. The number of piperidine rings is 1. The quantitative estimate of drug-likeness (QED) is 0.338. The number of carbonyl (C=O) groups excluding carboxylic acids is 1. The van der Waals surface area contributed by atoms with Crippen LogP contribution in [0.5, 0.6) is 0 Å². The molecule has 0 aliphatic carbocycles. The summed E-state index contributed by atoms with van der Waals surface area (Å²) >= 11 is 12.0. The first-order chi connectivity index (χ1) is 17.0. The van der Waals surface area contributed by atoms with Crippen LogP contribution in [0.3, 0.4) is 0 Å². The van der Waals surface area contributed by atoms with E-state index in [0.717, 1.165) is 66.5 Å². The fourth-order valence-corrected chi connectivity index (χ4v) is 4.94. The van der Waals surface area contributed by atoms with Gasteiger partial charge in [-0.25, -0.2) is 4.98 Å². The van der Waals surface area contributed by atoms with Crippen molar-refractivity contribution in [3.63, 3.8) is 0 Å². The molecule has 7 heteroatoms. The first-order valence-electron chi connectivity index (χ1n) is 12.0. The molecule has 0 spiro atoms. The number of hydrogen-bond donors (Lipinski definition) is 1. The van der Waals surface area contributed by atoms with E-state index < -0.39 is 0 Å². The number of likely N-dealkylation sites (tertiary alicyclic amines) is 1. The van der Waals surface area contributed by atoms with E-state index in [9.17, 15) is 4.79 Å². The van der Waals surface area contributed by atoms with Gasteiger partial charge in [-0.1, -0.05) is 59.6 Å². The van der Waals surface area contributed by atoms with Crippen molar-refractivity contribution in [2.24, 2.45) is 5.92 Å². The van der Waals surface area contributed by atoms with Crippen LogP contribution in [0.1, 0.15) is 29.8 Å². The molecule has 0 radical (unpaired) electrons. The molecule has 0 unspecified atom stereocenters. The van der Waals surface area contributed by atoms with Crippen molar-refractivity contribution in [2.45, 2.75) is 32.5 Å². The van der Waals surface area contributed by atoms with Gasteiger partial charge in [-0.15, -0.1) is 0 Å². The van der Waals surface area contributed by atoms with Crippen molar-refractivity contribution in [3.05, 3.63) is 99.8 Å². The number of carbonyl (C=O) groups is 1. The SMILES string of the molecule is O=C(NCc1ccc(Cl)cc1)C1CCN(Cc2nc3ccccc3n2Cc2ccc(Cl)cc2)CC1. The second kappa shape index (κ2) is 10.8. The average Bonchev–Trinajstić information content (AvgIpc) is 3.22. The Morgan fingerprint density at radius 3 is 2.17 bits per heavy atom. The van der Waals surface area contributed by atoms with Crippen LogP contribution in [0.4, 0.5) is 0 Å². The van der Waals surface area contributed by atoms with E-state index in [1.54, 1.807) is 0 Å². The Morgan fingerprint density at radius 2 is 1.49 bits per heavy atom. The molecule has 1 fully saturated rings. The first-order valence-corrected chi connectivity index (χ1v) is 12.7. The normalized spacial score (nSPS) is 14.9. The summed E-state index contributed by atoms with van der Waals surface area (Å²) in [6.07, 6.45) is 1.70. The number of halogens is 2. The number of benzene rings is 3. The second-order valence-corrected chi connectivity index (χ2v) is 10.00. The Balaban J connectivity index is 1.21. The molecular weight excluding hydrogens is 479 g/mol.